The Kier molecular flexibility index (Phi) is 5.60. The number of primary amides is 1. The van der Waals surface area contributed by atoms with Gasteiger partial charge in [0.2, 0.25) is 0 Å². The Morgan fingerprint density at radius 1 is 1.23 bits per heavy atom. The Balaban J connectivity index is 1.71. The van der Waals surface area contributed by atoms with E-state index >= 15 is 0 Å². The number of hydrazine groups is 1. The van der Waals surface area contributed by atoms with Crippen LogP contribution in [0.1, 0.15) is 16.1 Å². The van der Waals surface area contributed by atoms with E-state index in [-0.39, 0.29) is 6.04 Å². The number of anilines is 1. The average Bonchev–Trinajstić information content (AvgIpc) is 3.17. The van der Waals surface area contributed by atoms with Gasteiger partial charge in [0, 0.05) is 50.2 Å². The zero-order valence-corrected chi connectivity index (χ0v) is 16.9. The summed E-state index contributed by atoms with van der Waals surface area (Å²) in [4.78, 5) is 20.9. The smallest absolute Gasteiger partial charge is 0.252 e. The lowest BCUT2D eigenvalue weighted by Crippen LogP contribution is -2.37. The number of nitrogens with two attached hydrogens (primary N) is 1. The van der Waals surface area contributed by atoms with Crippen molar-refractivity contribution in [2.75, 3.05) is 26.0 Å². The van der Waals surface area contributed by atoms with Gasteiger partial charge in [-0.05, 0) is 29.8 Å². The number of carbonyl (C=O) groups excluding carboxylic acids is 1. The Bertz CT molecular complexity index is 1100. The molecule has 1 amide bonds. The topological polar surface area (TPSA) is 105 Å². The number of aromatic nitrogens is 2. The second-order valence-electron chi connectivity index (χ2n) is 7.18. The summed E-state index contributed by atoms with van der Waals surface area (Å²) in [6, 6.07) is 9.99. The molecule has 1 aromatic carbocycles. The number of pyridine rings is 2. The van der Waals surface area contributed by atoms with Crippen LogP contribution in [-0.2, 0) is 11.3 Å². The van der Waals surface area contributed by atoms with Gasteiger partial charge in [0.05, 0.1) is 35.1 Å². The summed E-state index contributed by atoms with van der Waals surface area (Å²) in [6.45, 7) is 1.06. The van der Waals surface area contributed by atoms with Crippen molar-refractivity contribution in [3.63, 3.8) is 0 Å². The number of nitrogens with one attached hydrogen (secondary N) is 2. The Morgan fingerprint density at radius 2 is 2.07 bits per heavy atom. The summed E-state index contributed by atoms with van der Waals surface area (Å²) in [7, 11) is 3.58. The molecule has 0 saturated heterocycles. The largest absolute Gasteiger partial charge is 0.382 e. The van der Waals surface area contributed by atoms with E-state index in [1.54, 1.807) is 7.11 Å². The third-order valence-corrected chi connectivity index (χ3v) is 4.99. The molecule has 0 bridgehead atoms. The number of carbonyl (C=O) groups is 1. The second kappa shape index (κ2) is 8.48. The number of benzene rings is 1. The molecule has 4 N–H and O–H groups in total. The van der Waals surface area contributed by atoms with Crippen LogP contribution >= 0.6 is 0 Å². The van der Waals surface area contributed by atoms with E-state index in [1.165, 1.54) is 6.20 Å². The number of rotatable bonds is 7. The summed E-state index contributed by atoms with van der Waals surface area (Å²) in [5, 5.41) is 6.12. The van der Waals surface area contributed by atoms with Gasteiger partial charge in [-0.3, -0.25) is 14.8 Å². The lowest BCUT2D eigenvalue weighted by Gasteiger charge is -2.18. The quantitative estimate of drug-likeness (QED) is 0.555. The first-order chi connectivity index (χ1) is 14.5. The highest BCUT2D eigenvalue weighted by Gasteiger charge is 2.17. The maximum Gasteiger partial charge on any atom is 0.252 e. The maximum absolute atomic E-state index is 12.1. The maximum atomic E-state index is 12.1. The molecule has 1 unspecified atom stereocenters. The SMILES string of the molecule is COCc1ccc(-c2ccc3ncc(C(N)=O)c(NCC4C=CN(C)N4)c3c2)cn1. The molecule has 2 aromatic heterocycles. The summed E-state index contributed by atoms with van der Waals surface area (Å²) >= 11 is 0. The van der Waals surface area contributed by atoms with Gasteiger partial charge < -0.3 is 20.8 Å². The molecule has 8 nitrogen and oxygen atoms in total. The molecule has 154 valence electrons. The van der Waals surface area contributed by atoms with Gasteiger partial charge in [0.1, 0.15) is 0 Å². The van der Waals surface area contributed by atoms with Gasteiger partial charge >= 0.3 is 0 Å². The minimum atomic E-state index is -0.519. The van der Waals surface area contributed by atoms with Crippen molar-refractivity contribution < 1.29 is 9.53 Å². The lowest BCUT2D eigenvalue weighted by molar-refractivity contribution is 0.100. The Labute approximate surface area is 174 Å². The van der Waals surface area contributed by atoms with Crippen molar-refractivity contribution in [3.8, 4) is 11.1 Å². The van der Waals surface area contributed by atoms with E-state index in [0.29, 0.717) is 24.4 Å². The number of fused-ring (bicyclic) bond motifs is 1. The average molecular weight is 404 g/mol. The highest BCUT2D eigenvalue weighted by molar-refractivity contribution is 6.07. The molecule has 3 heterocycles. The molecule has 0 fully saturated rings. The molecule has 1 atom stereocenters. The molecule has 4 rings (SSSR count). The van der Waals surface area contributed by atoms with Crippen LogP contribution in [0.25, 0.3) is 22.0 Å². The number of nitrogens with zero attached hydrogens (tertiary/aromatic N) is 3. The summed E-state index contributed by atoms with van der Waals surface area (Å²) in [5.74, 6) is -0.519. The van der Waals surface area contributed by atoms with Crippen molar-refractivity contribution in [2.24, 2.45) is 5.73 Å². The second-order valence-corrected chi connectivity index (χ2v) is 7.18. The van der Waals surface area contributed by atoms with Crippen LogP contribution in [0.2, 0.25) is 0 Å². The molecular formula is C22H24N6O2. The zero-order valence-electron chi connectivity index (χ0n) is 16.9. The minimum absolute atomic E-state index is 0.111. The third-order valence-electron chi connectivity index (χ3n) is 4.99. The Hall–Kier alpha value is -3.49. The van der Waals surface area contributed by atoms with Crippen molar-refractivity contribution >= 4 is 22.5 Å². The van der Waals surface area contributed by atoms with Gasteiger partial charge in [-0.1, -0.05) is 12.1 Å². The van der Waals surface area contributed by atoms with E-state index in [9.17, 15) is 4.79 Å². The Morgan fingerprint density at radius 3 is 2.73 bits per heavy atom. The summed E-state index contributed by atoms with van der Waals surface area (Å²) in [5.41, 5.74) is 13.5. The van der Waals surface area contributed by atoms with E-state index < -0.39 is 5.91 Å². The molecule has 0 radical (unpaired) electrons. The fraction of sp³-hybridized carbons (Fsp3) is 0.227. The van der Waals surface area contributed by atoms with Crippen LogP contribution < -0.4 is 16.5 Å². The highest BCUT2D eigenvalue weighted by atomic mass is 16.5. The first kappa shape index (κ1) is 19.8. The van der Waals surface area contributed by atoms with E-state index in [4.69, 9.17) is 10.5 Å². The predicted octanol–water partition coefficient (Wildman–Crippen LogP) is 2.29. The molecule has 8 heteroatoms. The summed E-state index contributed by atoms with van der Waals surface area (Å²) < 4.78 is 5.12. The molecule has 30 heavy (non-hydrogen) atoms. The van der Waals surface area contributed by atoms with E-state index in [2.05, 4.69) is 26.8 Å². The molecule has 0 spiro atoms. The van der Waals surface area contributed by atoms with Crippen LogP contribution in [0.5, 0.6) is 0 Å². The van der Waals surface area contributed by atoms with Crippen molar-refractivity contribution in [2.45, 2.75) is 12.6 Å². The number of amides is 1. The molecular weight excluding hydrogens is 380 g/mol. The fourth-order valence-electron chi connectivity index (χ4n) is 3.48. The van der Waals surface area contributed by atoms with Gasteiger partial charge in [-0.25, -0.2) is 5.43 Å². The number of hydrogen-bond donors (Lipinski definition) is 3. The van der Waals surface area contributed by atoms with Gasteiger partial charge in [-0.2, -0.15) is 0 Å². The van der Waals surface area contributed by atoms with Crippen LogP contribution in [0.15, 0.2) is 55.0 Å². The van der Waals surface area contributed by atoms with Crippen molar-refractivity contribution in [1.29, 1.82) is 0 Å². The highest BCUT2D eigenvalue weighted by Crippen LogP contribution is 2.30. The van der Waals surface area contributed by atoms with Crippen LogP contribution in [0.4, 0.5) is 5.69 Å². The van der Waals surface area contributed by atoms with E-state index in [1.807, 2.05) is 54.8 Å². The van der Waals surface area contributed by atoms with Crippen molar-refractivity contribution in [3.05, 3.63) is 66.3 Å². The standard InChI is InChI=1S/C22H24N6O2/c1-28-8-7-16(27-28)11-26-21-18-9-14(15-3-5-17(13-30-2)24-10-15)4-6-20(18)25-12-19(21)22(23)29/h3-10,12,16,27H,11,13H2,1-2H3,(H2,23,29)(H,25,26). The molecule has 0 saturated carbocycles. The van der Waals surface area contributed by atoms with Crippen LogP contribution in [0.3, 0.4) is 0 Å². The zero-order chi connectivity index (χ0) is 21.1. The van der Waals surface area contributed by atoms with Crippen LogP contribution in [0, 0.1) is 0 Å². The minimum Gasteiger partial charge on any atom is -0.382 e. The predicted molar refractivity (Wildman–Crippen MR) is 117 cm³/mol. The van der Waals surface area contributed by atoms with Crippen molar-refractivity contribution in [1.82, 2.24) is 20.4 Å². The van der Waals surface area contributed by atoms with Gasteiger partial charge in [0.15, 0.2) is 0 Å². The first-order valence-corrected chi connectivity index (χ1v) is 9.63. The van der Waals surface area contributed by atoms with E-state index in [0.717, 1.165) is 27.7 Å². The lowest BCUT2D eigenvalue weighted by atomic mass is 10.0. The molecule has 1 aliphatic heterocycles. The molecule has 3 aromatic rings. The number of methoxy groups -OCH3 is 1. The van der Waals surface area contributed by atoms with Crippen LogP contribution in [-0.4, -0.2) is 47.6 Å². The fourth-order valence-corrected chi connectivity index (χ4v) is 3.48. The molecule has 1 aliphatic rings. The third kappa shape index (κ3) is 4.10. The number of ether oxygens (including phenoxy) is 1. The normalized spacial score (nSPS) is 15.7. The monoisotopic (exact) mass is 404 g/mol. The van der Waals surface area contributed by atoms with Gasteiger partial charge in [-0.15, -0.1) is 0 Å². The van der Waals surface area contributed by atoms with Gasteiger partial charge in [0.25, 0.3) is 5.91 Å². The molecule has 0 aliphatic carbocycles. The first-order valence-electron chi connectivity index (χ1n) is 9.63. The summed E-state index contributed by atoms with van der Waals surface area (Å²) in [6.07, 6.45) is 7.36. The number of hydrogen-bond acceptors (Lipinski definition) is 7.